The minimum absolute atomic E-state index is 0. The van der Waals surface area contributed by atoms with Gasteiger partial charge in [-0.05, 0) is 20.7 Å². The Kier molecular flexibility index (Phi) is 10.2. The Hall–Kier alpha value is -1.89. The van der Waals surface area contributed by atoms with E-state index in [2.05, 4.69) is 0 Å². The minimum atomic E-state index is -2.04. The van der Waals surface area contributed by atoms with Crippen LogP contribution in [0.25, 0.3) is 0 Å². The molecule has 0 heterocycles. The van der Waals surface area contributed by atoms with E-state index in [1.807, 2.05) is 121 Å². The van der Waals surface area contributed by atoms with Crippen LogP contribution in [0.4, 0.5) is 8.22 Å². The fraction of sp³-hybridized carbons (Fsp3) is 0. The van der Waals surface area contributed by atoms with Crippen molar-refractivity contribution in [2.24, 2.45) is 0 Å². The van der Waals surface area contributed by atoms with Gasteiger partial charge in [0.05, 0.1) is 0 Å². The summed E-state index contributed by atoms with van der Waals surface area (Å²) < 4.78 is 27.9. The van der Waals surface area contributed by atoms with Crippen LogP contribution < -0.4 is 20.7 Å². The molecule has 0 saturated carbocycles. The number of hydrogen-bond donors (Lipinski definition) is 0. The fourth-order valence-corrected chi connectivity index (χ4v) is 5.28. The Bertz CT molecular complexity index is 779. The molecule has 0 unspecified atom stereocenters. The minimum Gasteiger partial charge on any atom is -0.302 e. The smallest absolute Gasteiger partial charge is 0.302 e. The van der Waals surface area contributed by atoms with Gasteiger partial charge in [0, 0.05) is 27.7 Å². The Morgan fingerprint density at radius 3 is 0.690 bits per heavy atom. The van der Waals surface area contributed by atoms with Crippen LogP contribution in [0.15, 0.2) is 121 Å². The molecule has 0 N–H and O–H groups in total. The average molecular weight is 603 g/mol. The van der Waals surface area contributed by atoms with Crippen LogP contribution in [0, 0.1) is 0 Å². The van der Waals surface area contributed by atoms with Crippen LogP contribution in [-0.4, -0.2) is 18.3 Å². The standard InChI is InChI=1S/2C12H10FSi.Hg/c2*13-14(11-7-3-1-4-8-11)12-9-5-2-6-10-12;/h2*1-10H;. The molecule has 0 amide bonds. The van der Waals surface area contributed by atoms with Gasteiger partial charge >= 0.3 is 18.3 Å². The molecule has 29 heavy (non-hydrogen) atoms. The predicted octanol–water partition coefficient (Wildman–Crippen LogP) is 3.52. The van der Waals surface area contributed by atoms with Crippen molar-refractivity contribution in [3.05, 3.63) is 121 Å². The van der Waals surface area contributed by atoms with Crippen molar-refractivity contribution >= 4 is 39.0 Å². The Balaban J connectivity index is 0.000000200. The van der Waals surface area contributed by atoms with E-state index in [4.69, 9.17) is 0 Å². The topological polar surface area (TPSA) is 0 Å². The van der Waals surface area contributed by atoms with Crippen LogP contribution in [0.3, 0.4) is 0 Å². The third kappa shape index (κ3) is 7.14. The molecule has 0 nitrogen and oxygen atoms in total. The second-order valence-corrected chi connectivity index (χ2v) is 9.66. The van der Waals surface area contributed by atoms with Crippen molar-refractivity contribution in [1.82, 2.24) is 0 Å². The van der Waals surface area contributed by atoms with Crippen LogP contribution in [0.2, 0.25) is 0 Å². The van der Waals surface area contributed by atoms with Gasteiger partial charge in [-0.1, -0.05) is 121 Å². The van der Waals surface area contributed by atoms with Gasteiger partial charge in [-0.15, -0.1) is 0 Å². The van der Waals surface area contributed by atoms with E-state index in [9.17, 15) is 8.22 Å². The summed E-state index contributed by atoms with van der Waals surface area (Å²) in [5.74, 6) is 0. The van der Waals surface area contributed by atoms with Crippen molar-refractivity contribution < 1.29 is 35.9 Å². The second kappa shape index (κ2) is 12.6. The molecule has 4 aromatic rings. The van der Waals surface area contributed by atoms with Crippen LogP contribution in [0.1, 0.15) is 0 Å². The summed E-state index contributed by atoms with van der Waals surface area (Å²) in [6, 6.07) is 37.4. The average Bonchev–Trinajstić information content (AvgIpc) is 2.81. The van der Waals surface area contributed by atoms with Crippen molar-refractivity contribution in [3.8, 4) is 0 Å². The molecule has 0 aliphatic carbocycles. The molecule has 4 rings (SSSR count). The number of benzene rings is 4. The molecule has 140 valence electrons. The SMILES string of the molecule is F[Si](c1ccccc1)c1ccccc1.F[Si](c1ccccc1)c1ccccc1.[Hg]. The van der Waals surface area contributed by atoms with Gasteiger partial charge in [0.2, 0.25) is 0 Å². The van der Waals surface area contributed by atoms with E-state index >= 15 is 0 Å². The maximum Gasteiger partial charge on any atom is 0.340 e. The molecule has 0 aromatic heterocycles. The van der Waals surface area contributed by atoms with Crippen LogP contribution in [0.5, 0.6) is 0 Å². The quantitative estimate of drug-likeness (QED) is 0.248. The molecular weight excluding hydrogens is 583 g/mol. The zero-order valence-electron chi connectivity index (χ0n) is 16.0. The normalized spacial score (nSPS) is 10.1. The molecular formula is C24H20F2HgSi2. The number of rotatable bonds is 4. The van der Waals surface area contributed by atoms with Crippen LogP contribution >= 0.6 is 0 Å². The van der Waals surface area contributed by atoms with Gasteiger partial charge in [0.15, 0.2) is 0 Å². The first kappa shape index (κ1) is 23.4. The fourth-order valence-electron chi connectivity index (χ4n) is 2.67. The second-order valence-electron chi connectivity index (χ2n) is 6.09. The van der Waals surface area contributed by atoms with Gasteiger partial charge in [-0.3, -0.25) is 0 Å². The van der Waals surface area contributed by atoms with E-state index in [1.54, 1.807) is 0 Å². The first-order valence-electron chi connectivity index (χ1n) is 9.02. The van der Waals surface area contributed by atoms with E-state index < -0.39 is 18.3 Å². The molecule has 0 saturated heterocycles. The van der Waals surface area contributed by atoms with Crippen molar-refractivity contribution in [2.45, 2.75) is 0 Å². The largest absolute Gasteiger partial charge is 0.340 e. The van der Waals surface area contributed by atoms with E-state index in [0.717, 1.165) is 20.7 Å². The zero-order chi connectivity index (χ0) is 19.6. The predicted molar refractivity (Wildman–Crippen MR) is 118 cm³/mol. The molecule has 0 aliphatic heterocycles. The summed E-state index contributed by atoms with van der Waals surface area (Å²) in [6.45, 7) is 0. The summed E-state index contributed by atoms with van der Waals surface area (Å²) in [5.41, 5.74) is 0. The molecule has 0 spiro atoms. The molecule has 0 fully saturated rings. The summed E-state index contributed by atoms with van der Waals surface area (Å²) in [7, 11) is -4.09. The van der Waals surface area contributed by atoms with Gasteiger partial charge in [0.25, 0.3) is 0 Å². The molecule has 0 bridgehead atoms. The molecule has 0 aliphatic rings. The van der Waals surface area contributed by atoms with E-state index in [-0.39, 0.29) is 27.7 Å². The summed E-state index contributed by atoms with van der Waals surface area (Å²) in [6.07, 6.45) is 0. The summed E-state index contributed by atoms with van der Waals surface area (Å²) in [4.78, 5) is 0. The molecule has 5 heteroatoms. The van der Waals surface area contributed by atoms with Crippen LogP contribution in [-0.2, 0) is 27.7 Å². The van der Waals surface area contributed by atoms with Gasteiger partial charge in [-0.2, -0.15) is 0 Å². The number of halogens is 2. The third-order valence-electron chi connectivity index (χ3n) is 4.11. The third-order valence-corrected chi connectivity index (χ3v) is 7.47. The van der Waals surface area contributed by atoms with Gasteiger partial charge < -0.3 is 8.22 Å². The Labute approximate surface area is 195 Å². The summed E-state index contributed by atoms with van der Waals surface area (Å²) >= 11 is 0. The number of hydrogen-bond acceptors (Lipinski definition) is 0. The molecule has 0 atom stereocenters. The van der Waals surface area contributed by atoms with E-state index in [1.165, 1.54) is 0 Å². The molecule has 4 aromatic carbocycles. The maximum absolute atomic E-state index is 14.0. The van der Waals surface area contributed by atoms with Crippen molar-refractivity contribution in [2.75, 3.05) is 0 Å². The van der Waals surface area contributed by atoms with Gasteiger partial charge in [0.1, 0.15) is 0 Å². The maximum atomic E-state index is 14.0. The first-order valence-corrected chi connectivity index (χ1v) is 11.8. The Morgan fingerprint density at radius 2 is 0.517 bits per heavy atom. The van der Waals surface area contributed by atoms with Crippen molar-refractivity contribution in [1.29, 1.82) is 0 Å². The monoisotopic (exact) mass is 604 g/mol. The Morgan fingerprint density at radius 1 is 0.345 bits per heavy atom. The van der Waals surface area contributed by atoms with Crippen molar-refractivity contribution in [3.63, 3.8) is 0 Å². The van der Waals surface area contributed by atoms with E-state index in [0.29, 0.717) is 0 Å². The first-order chi connectivity index (χ1) is 13.8. The van der Waals surface area contributed by atoms with Gasteiger partial charge in [-0.25, -0.2) is 0 Å². The zero-order valence-corrected chi connectivity index (χ0v) is 23.5. The summed E-state index contributed by atoms with van der Waals surface area (Å²) in [5, 5.41) is 3.24. The molecule has 2 radical (unpaired) electrons.